The minimum Gasteiger partial charge on any atom is -0.395 e. The first kappa shape index (κ1) is 44.1. The van der Waals surface area contributed by atoms with Gasteiger partial charge in [0.25, 0.3) is 0 Å². The average Bonchev–Trinajstić information content (AvgIpc) is 2.89. The molecule has 0 amide bonds. The molecule has 0 aromatic carbocycles. The second kappa shape index (κ2) is 38.7. The largest absolute Gasteiger partial charge is 0.395 e. The Balaban J connectivity index is -0.000000745. The first-order valence-corrected chi connectivity index (χ1v) is 17.5. The average molecular weight is 602 g/mol. The molecule has 0 fully saturated rings. The maximum Gasteiger partial charge on any atom is 0.394 e. The Morgan fingerprint density at radius 3 is 0.925 bits per heavy atom. The predicted octanol–water partition coefficient (Wildman–Crippen LogP) is 6.46. The lowest BCUT2D eigenvalue weighted by molar-refractivity contribution is 0.125. The van der Waals surface area contributed by atoms with Crippen molar-refractivity contribution in [2.24, 2.45) is 0 Å². The van der Waals surface area contributed by atoms with E-state index >= 15 is 0 Å². The van der Waals surface area contributed by atoms with Crippen molar-refractivity contribution in [2.75, 3.05) is 52.7 Å². The molecule has 0 radical (unpaired) electrons. The lowest BCUT2D eigenvalue weighted by Gasteiger charge is -2.17. The monoisotopic (exact) mass is 601 g/mol. The lowest BCUT2D eigenvalue weighted by atomic mass is 10.1. The van der Waals surface area contributed by atoms with Crippen LogP contribution in [0.2, 0.25) is 0 Å². The molecule has 0 aliphatic heterocycles. The molecule has 10 heteroatoms. The maximum absolute atomic E-state index is 8.74. The fraction of sp³-hybridized carbons (Fsp3) is 1.00. The maximum atomic E-state index is 8.74. The predicted molar refractivity (Wildman–Crippen MR) is 166 cm³/mol. The van der Waals surface area contributed by atoms with Crippen LogP contribution in [0.4, 0.5) is 0 Å². The first-order valence-electron chi connectivity index (χ1n) is 16.1. The standard InChI is InChI=1S/C24H50O.C6H15NO3.H2O4S/c1-3-5-7-9-11-13-15-17-19-21-23-25-24-22-20-18-16-14-12-10-8-6-4-2;8-4-1-7(2-5-9)3-6-10;1-5(2,3)4/h3-24H2,1-2H3;8-10H,1-6H2;(H2,1,2,3,4). The van der Waals surface area contributed by atoms with Crippen LogP contribution in [0.3, 0.4) is 0 Å². The Hall–Kier alpha value is -0.330. The van der Waals surface area contributed by atoms with Gasteiger partial charge in [-0.05, 0) is 12.8 Å². The molecule has 5 N–H and O–H groups in total. The third kappa shape index (κ3) is 53.9. The van der Waals surface area contributed by atoms with Gasteiger partial charge in [-0.2, -0.15) is 8.42 Å². The SMILES string of the molecule is CCCCCCCCCCCCOCCCCCCCCCCCC.O=S(=O)(O)O.OCCN(CCO)CCO. The van der Waals surface area contributed by atoms with Gasteiger partial charge in [0, 0.05) is 32.8 Å². The number of rotatable bonds is 28. The van der Waals surface area contributed by atoms with Gasteiger partial charge in [0.15, 0.2) is 0 Å². The molecule has 0 spiro atoms. The lowest BCUT2D eigenvalue weighted by Crippen LogP contribution is -2.32. The molecular weight excluding hydrogens is 534 g/mol. The van der Waals surface area contributed by atoms with E-state index in [9.17, 15) is 0 Å². The zero-order chi connectivity index (χ0) is 30.6. The third-order valence-electron chi connectivity index (χ3n) is 6.53. The Morgan fingerprint density at radius 2 is 0.700 bits per heavy atom. The van der Waals surface area contributed by atoms with Crippen molar-refractivity contribution in [3.63, 3.8) is 0 Å². The van der Waals surface area contributed by atoms with Gasteiger partial charge in [-0.1, -0.05) is 129 Å². The summed E-state index contributed by atoms with van der Waals surface area (Å²) in [5.41, 5.74) is 0. The van der Waals surface area contributed by atoms with Gasteiger partial charge in [0.05, 0.1) is 19.8 Å². The summed E-state index contributed by atoms with van der Waals surface area (Å²) in [7, 11) is -4.67. The molecule has 0 rings (SSSR count). The van der Waals surface area contributed by atoms with E-state index in [1.54, 1.807) is 4.90 Å². The van der Waals surface area contributed by atoms with Crippen LogP contribution in [-0.4, -0.2) is 90.4 Å². The van der Waals surface area contributed by atoms with Crippen molar-refractivity contribution in [2.45, 2.75) is 142 Å². The molecule has 0 saturated heterocycles. The Morgan fingerprint density at radius 1 is 0.475 bits per heavy atom. The van der Waals surface area contributed by atoms with Crippen molar-refractivity contribution < 1.29 is 37.6 Å². The highest BCUT2D eigenvalue weighted by Gasteiger charge is 2.00. The topological polar surface area (TPSA) is 148 Å². The van der Waals surface area contributed by atoms with Gasteiger partial charge < -0.3 is 20.1 Å². The zero-order valence-corrected chi connectivity index (χ0v) is 26.9. The summed E-state index contributed by atoms with van der Waals surface area (Å²) in [5.74, 6) is 0. The number of hydrogen-bond donors (Lipinski definition) is 5. The quantitative estimate of drug-likeness (QED) is 0.0503. The highest BCUT2D eigenvalue weighted by Crippen LogP contribution is 2.12. The fourth-order valence-corrected chi connectivity index (χ4v) is 4.24. The summed E-state index contributed by atoms with van der Waals surface area (Å²) in [5, 5.41) is 25.5. The van der Waals surface area contributed by atoms with Crippen molar-refractivity contribution in [1.82, 2.24) is 4.90 Å². The van der Waals surface area contributed by atoms with Crippen molar-refractivity contribution in [1.29, 1.82) is 0 Å². The number of aliphatic hydroxyl groups is 3. The van der Waals surface area contributed by atoms with E-state index in [1.165, 1.54) is 128 Å². The van der Waals surface area contributed by atoms with Crippen LogP contribution >= 0.6 is 0 Å². The molecule has 0 atom stereocenters. The summed E-state index contributed by atoms with van der Waals surface area (Å²) in [6.07, 6.45) is 28.2. The van der Waals surface area contributed by atoms with Crippen LogP contribution in [0.15, 0.2) is 0 Å². The molecular formula is C30H67NO8S. The Labute approximate surface area is 247 Å². The van der Waals surface area contributed by atoms with Gasteiger partial charge >= 0.3 is 10.4 Å². The van der Waals surface area contributed by atoms with Gasteiger partial charge in [-0.15, -0.1) is 0 Å². The second-order valence-electron chi connectivity index (χ2n) is 10.4. The number of ether oxygens (including phenoxy) is 1. The van der Waals surface area contributed by atoms with E-state index in [0.29, 0.717) is 19.6 Å². The van der Waals surface area contributed by atoms with Gasteiger partial charge in [0.2, 0.25) is 0 Å². The van der Waals surface area contributed by atoms with Crippen LogP contribution in [0.25, 0.3) is 0 Å². The van der Waals surface area contributed by atoms with E-state index in [-0.39, 0.29) is 19.8 Å². The summed E-state index contributed by atoms with van der Waals surface area (Å²) < 4.78 is 37.4. The number of aliphatic hydroxyl groups excluding tert-OH is 3. The van der Waals surface area contributed by atoms with E-state index in [2.05, 4.69) is 13.8 Å². The number of nitrogens with zero attached hydrogens (tertiary/aromatic N) is 1. The zero-order valence-electron chi connectivity index (χ0n) is 26.1. The molecule has 0 aromatic rings. The van der Waals surface area contributed by atoms with Crippen LogP contribution < -0.4 is 0 Å². The molecule has 0 heterocycles. The molecule has 0 aromatic heterocycles. The van der Waals surface area contributed by atoms with E-state index in [1.807, 2.05) is 0 Å². The normalized spacial score (nSPS) is 11.2. The molecule has 0 saturated carbocycles. The van der Waals surface area contributed by atoms with E-state index in [4.69, 9.17) is 37.6 Å². The summed E-state index contributed by atoms with van der Waals surface area (Å²) in [4.78, 5) is 1.79. The Kier molecular flexibility index (Phi) is 42.6. The molecule has 40 heavy (non-hydrogen) atoms. The molecule has 0 bridgehead atoms. The number of hydrogen-bond acceptors (Lipinski definition) is 7. The summed E-state index contributed by atoms with van der Waals surface area (Å²) in [6.45, 7) is 8.32. The van der Waals surface area contributed by atoms with Crippen molar-refractivity contribution in [3.05, 3.63) is 0 Å². The van der Waals surface area contributed by atoms with Gasteiger partial charge in [0.1, 0.15) is 0 Å². The first-order chi connectivity index (χ1) is 19.3. The molecule has 246 valence electrons. The van der Waals surface area contributed by atoms with Crippen LogP contribution in [0.5, 0.6) is 0 Å². The van der Waals surface area contributed by atoms with Crippen LogP contribution in [0, 0.1) is 0 Å². The highest BCUT2D eigenvalue weighted by atomic mass is 32.3. The fourth-order valence-electron chi connectivity index (χ4n) is 4.24. The summed E-state index contributed by atoms with van der Waals surface area (Å²) in [6, 6.07) is 0. The Bertz CT molecular complexity index is 494. The van der Waals surface area contributed by atoms with E-state index in [0.717, 1.165) is 13.2 Å². The smallest absolute Gasteiger partial charge is 0.394 e. The van der Waals surface area contributed by atoms with Crippen molar-refractivity contribution in [3.8, 4) is 0 Å². The van der Waals surface area contributed by atoms with Crippen molar-refractivity contribution >= 4 is 10.4 Å². The molecule has 0 aliphatic carbocycles. The number of unbranched alkanes of at least 4 members (excludes halogenated alkanes) is 18. The van der Waals surface area contributed by atoms with Gasteiger partial charge in [-0.3, -0.25) is 14.0 Å². The summed E-state index contributed by atoms with van der Waals surface area (Å²) >= 11 is 0. The van der Waals surface area contributed by atoms with E-state index < -0.39 is 10.4 Å². The van der Waals surface area contributed by atoms with Gasteiger partial charge in [-0.25, -0.2) is 0 Å². The van der Waals surface area contributed by atoms with Crippen LogP contribution in [-0.2, 0) is 15.1 Å². The molecule has 0 unspecified atom stereocenters. The minimum absolute atomic E-state index is 0.0694. The van der Waals surface area contributed by atoms with Crippen LogP contribution in [0.1, 0.15) is 142 Å². The second-order valence-corrected chi connectivity index (χ2v) is 11.3. The molecule has 0 aliphatic rings. The minimum atomic E-state index is -4.67. The molecule has 9 nitrogen and oxygen atoms in total. The highest BCUT2D eigenvalue weighted by molar-refractivity contribution is 7.79. The third-order valence-corrected chi connectivity index (χ3v) is 6.53.